The lowest BCUT2D eigenvalue weighted by molar-refractivity contribution is -0.140. The van der Waals surface area contributed by atoms with E-state index in [9.17, 15) is 9.59 Å². The normalized spacial score (nSPS) is 9.60. The van der Waals surface area contributed by atoms with Crippen LogP contribution in [-0.4, -0.2) is 22.1 Å². The second-order valence-corrected chi connectivity index (χ2v) is 3.02. The maximum absolute atomic E-state index is 11.0. The number of aromatic hydroxyl groups is 1. The van der Waals surface area contributed by atoms with E-state index in [2.05, 4.69) is 5.32 Å². The lowest BCUT2D eigenvalue weighted by atomic mass is 10.2. The monoisotopic (exact) mass is 209 g/mol. The number of hydrogen-bond donors (Lipinski definition) is 3. The number of phenols is 1. The molecule has 0 saturated carbocycles. The maximum atomic E-state index is 11.0. The van der Waals surface area contributed by atoms with Crippen LogP contribution >= 0.6 is 0 Å². The number of carboxylic acid groups (broad SMARTS) is 1. The van der Waals surface area contributed by atoms with E-state index in [1.165, 1.54) is 12.1 Å². The highest BCUT2D eigenvalue weighted by Crippen LogP contribution is 2.10. The highest BCUT2D eigenvalue weighted by Gasteiger charge is 2.06. The summed E-state index contributed by atoms with van der Waals surface area (Å²) in [5.74, 6) is -1.60. The van der Waals surface area contributed by atoms with E-state index in [4.69, 9.17) is 10.2 Å². The molecule has 0 spiro atoms. The minimum Gasteiger partial charge on any atom is -0.508 e. The van der Waals surface area contributed by atoms with E-state index in [-0.39, 0.29) is 12.3 Å². The predicted octanol–water partition coefficient (Wildman–Crippen LogP) is 0.483. The van der Waals surface area contributed by atoms with Gasteiger partial charge in [-0.25, -0.2) is 0 Å². The Bertz CT molecular complexity index is 375. The standard InChI is InChI=1S/C10H11NO4/c12-8-3-1-2-7(4-8)6-11-9(13)5-10(14)15/h1-4,12H,5-6H2,(H,11,13)(H,14,15). The van der Waals surface area contributed by atoms with E-state index in [1.54, 1.807) is 12.1 Å². The van der Waals surface area contributed by atoms with Crippen molar-refractivity contribution in [1.29, 1.82) is 0 Å². The summed E-state index contributed by atoms with van der Waals surface area (Å²) in [6.45, 7) is 0.209. The lowest BCUT2D eigenvalue weighted by Gasteiger charge is -2.03. The zero-order valence-electron chi connectivity index (χ0n) is 7.93. The number of benzene rings is 1. The first-order valence-corrected chi connectivity index (χ1v) is 4.34. The van der Waals surface area contributed by atoms with Crippen LogP contribution in [0, 0.1) is 0 Å². The molecular formula is C10H11NO4. The van der Waals surface area contributed by atoms with Crippen LogP contribution in [0.25, 0.3) is 0 Å². The predicted molar refractivity (Wildman–Crippen MR) is 52.2 cm³/mol. The molecule has 80 valence electrons. The molecule has 15 heavy (non-hydrogen) atoms. The molecule has 0 saturated heterocycles. The van der Waals surface area contributed by atoms with Crippen molar-refractivity contribution < 1.29 is 19.8 Å². The highest BCUT2D eigenvalue weighted by molar-refractivity contribution is 5.93. The Labute approximate surface area is 86.4 Å². The topological polar surface area (TPSA) is 86.6 Å². The second kappa shape index (κ2) is 4.99. The second-order valence-electron chi connectivity index (χ2n) is 3.02. The van der Waals surface area contributed by atoms with Crippen molar-refractivity contribution in [3.05, 3.63) is 29.8 Å². The molecule has 0 unspecified atom stereocenters. The Hall–Kier alpha value is -2.04. The third-order valence-corrected chi connectivity index (χ3v) is 1.71. The number of carbonyl (C=O) groups excluding carboxylic acids is 1. The number of hydrogen-bond acceptors (Lipinski definition) is 3. The molecule has 5 heteroatoms. The quantitative estimate of drug-likeness (QED) is 0.629. The first-order valence-electron chi connectivity index (χ1n) is 4.34. The van der Waals surface area contributed by atoms with Gasteiger partial charge in [-0.3, -0.25) is 9.59 Å². The van der Waals surface area contributed by atoms with Gasteiger partial charge in [0.25, 0.3) is 0 Å². The van der Waals surface area contributed by atoms with Gasteiger partial charge in [0, 0.05) is 6.54 Å². The lowest BCUT2D eigenvalue weighted by Crippen LogP contribution is -2.24. The van der Waals surface area contributed by atoms with Crippen molar-refractivity contribution in [1.82, 2.24) is 5.32 Å². The third kappa shape index (κ3) is 4.12. The van der Waals surface area contributed by atoms with Crippen molar-refractivity contribution in [3.63, 3.8) is 0 Å². The van der Waals surface area contributed by atoms with Gasteiger partial charge in [0.05, 0.1) is 0 Å². The molecule has 1 aromatic carbocycles. The molecule has 0 radical (unpaired) electrons. The summed E-state index contributed by atoms with van der Waals surface area (Å²) < 4.78 is 0. The SMILES string of the molecule is O=C(O)CC(=O)NCc1cccc(O)c1. The van der Waals surface area contributed by atoms with Crippen LogP contribution in [0.5, 0.6) is 5.75 Å². The Balaban J connectivity index is 2.43. The van der Waals surface area contributed by atoms with Gasteiger partial charge < -0.3 is 15.5 Å². The van der Waals surface area contributed by atoms with Crippen LogP contribution in [0.3, 0.4) is 0 Å². The summed E-state index contributed by atoms with van der Waals surface area (Å²) in [6, 6.07) is 6.39. The molecule has 0 aromatic heterocycles. The molecule has 0 aliphatic rings. The van der Waals surface area contributed by atoms with Crippen LogP contribution in [0.1, 0.15) is 12.0 Å². The number of carboxylic acids is 1. The molecule has 1 rings (SSSR count). The molecular weight excluding hydrogens is 198 g/mol. The number of carbonyl (C=O) groups is 2. The zero-order chi connectivity index (χ0) is 11.3. The van der Waals surface area contributed by atoms with Gasteiger partial charge in [0.15, 0.2) is 0 Å². The Kier molecular flexibility index (Phi) is 3.68. The highest BCUT2D eigenvalue weighted by atomic mass is 16.4. The van der Waals surface area contributed by atoms with E-state index in [1.807, 2.05) is 0 Å². The summed E-state index contributed by atoms with van der Waals surface area (Å²) in [4.78, 5) is 21.1. The average Bonchev–Trinajstić information content (AvgIpc) is 2.14. The molecule has 0 fully saturated rings. The van der Waals surface area contributed by atoms with E-state index < -0.39 is 18.3 Å². The number of amides is 1. The summed E-state index contributed by atoms with van der Waals surface area (Å²) in [5, 5.41) is 19.9. The zero-order valence-corrected chi connectivity index (χ0v) is 7.93. The first kappa shape index (κ1) is 11.0. The van der Waals surface area contributed by atoms with E-state index in [0.29, 0.717) is 5.56 Å². The minimum absolute atomic E-state index is 0.111. The largest absolute Gasteiger partial charge is 0.508 e. The van der Waals surface area contributed by atoms with Crippen molar-refractivity contribution in [2.24, 2.45) is 0 Å². The van der Waals surface area contributed by atoms with Crippen molar-refractivity contribution in [2.45, 2.75) is 13.0 Å². The van der Waals surface area contributed by atoms with Gasteiger partial charge in [-0.05, 0) is 17.7 Å². The molecule has 5 nitrogen and oxygen atoms in total. The molecule has 0 heterocycles. The van der Waals surface area contributed by atoms with Gasteiger partial charge in [-0.15, -0.1) is 0 Å². The van der Waals surface area contributed by atoms with Gasteiger partial charge in [-0.2, -0.15) is 0 Å². The van der Waals surface area contributed by atoms with E-state index >= 15 is 0 Å². The smallest absolute Gasteiger partial charge is 0.312 e. The summed E-state index contributed by atoms with van der Waals surface area (Å²) in [5.41, 5.74) is 0.716. The fraction of sp³-hybridized carbons (Fsp3) is 0.200. The molecule has 3 N–H and O–H groups in total. The third-order valence-electron chi connectivity index (χ3n) is 1.71. The summed E-state index contributed by atoms with van der Waals surface area (Å²) in [6.07, 6.45) is -0.543. The number of phenolic OH excluding ortho intramolecular Hbond substituents is 1. The molecule has 0 aliphatic heterocycles. The minimum atomic E-state index is -1.16. The molecule has 0 aliphatic carbocycles. The molecule has 1 amide bonds. The number of nitrogens with one attached hydrogen (secondary N) is 1. The maximum Gasteiger partial charge on any atom is 0.312 e. The van der Waals surface area contributed by atoms with Gasteiger partial charge in [-0.1, -0.05) is 12.1 Å². The number of rotatable bonds is 4. The fourth-order valence-corrected chi connectivity index (χ4v) is 1.07. The average molecular weight is 209 g/mol. The van der Waals surface area contributed by atoms with Crippen LogP contribution in [0.2, 0.25) is 0 Å². The van der Waals surface area contributed by atoms with Crippen molar-refractivity contribution in [2.75, 3.05) is 0 Å². The summed E-state index contributed by atoms with van der Waals surface area (Å²) in [7, 11) is 0. The molecule has 1 aromatic rings. The van der Waals surface area contributed by atoms with Crippen LogP contribution < -0.4 is 5.32 Å². The molecule has 0 atom stereocenters. The van der Waals surface area contributed by atoms with Gasteiger partial charge >= 0.3 is 5.97 Å². The fourth-order valence-electron chi connectivity index (χ4n) is 1.07. The van der Waals surface area contributed by atoms with Gasteiger partial charge in [0.2, 0.25) is 5.91 Å². The van der Waals surface area contributed by atoms with Gasteiger partial charge in [0.1, 0.15) is 12.2 Å². The van der Waals surface area contributed by atoms with E-state index in [0.717, 1.165) is 0 Å². The van der Waals surface area contributed by atoms with Crippen molar-refractivity contribution >= 4 is 11.9 Å². The van der Waals surface area contributed by atoms with Crippen LogP contribution in [0.4, 0.5) is 0 Å². The summed E-state index contributed by atoms with van der Waals surface area (Å²) >= 11 is 0. The Morgan fingerprint density at radius 3 is 2.67 bits per heavy atom. The van der Waals surface area contributed by atoms with Crippen LogP contribution in [0.15, 0.2) is 24.3 Å². The number of aliphatic carboxylic acids is 1. The van der Waals surface area contributed by atoms with Crippen LogP contribution in [-0.2, 0) is 16.1 Å². The first-order chi connectivity index (χ1) is 7.08. The Morgan fingerprint density at radius 1 is 1.33 bits per heavy atom. The molecule has 0 bridgehead atoms. The Morgan fingerprint density at radius 2 is 2.07 bits per heavy atom. The van der Waals surface area contributed by atoms with Crippen molar-refractivity contribution in [3.8, 4) is 5.75 Å².